The van der Waals surface area contributed by atoms with Crippen molar-refractivity contribution < 1.29 is 32.6 Å². The van der Waals surface area contributed by atoms with Crippen LogP contribution in [0, 0.1) is 0 Å². The maximum absolute atomic E-state index is 12.3. The van der Waals surface area contributed by atoms with Gasteiger partial charge in [-0.1, -0.05) is 18.2 Å². The van der Waals surface area contributed by atoms with Gasteiger partial charge in [-0.2, -0.15) is 0 Å². The summed E-state index contributed by atoms with van der Waals surface area (Å²) < 4.78 is 40.8. The van der Waals surface area contributed by atoms with E-state index >= 15 is 0 Å². The van der Waals surface area contributed by atoms with Crippen LogP contribution in [0.5, 0.6) is 5.75 Å². The normalized spacial score (nSPS) is 18.9. The lowest BCUT2D eigenvalue weighted by atomic mass is 10.1. The first kappa shape index (κ1) is 15.1. The van der Waals surface area contributed by atoms with Crippen molar-refractivity contribution in [1.29, 1.82) is 0 Å². The molecule has 1 aromatic carbocycles. The molecule has 2 rings (SSSR count). The number of rotatable bonds is 4. The maximum Gasteiger partial charge on any atom is 0.573 e. The zero-order chi connectivity index (χ0) is 15.6. The molecule has 1 amide bonds. The number of alkyl halides is 3. The number of likely N-dealkylation sites (tertiary alicyclic amines) is 1. The number of carbonyl (C=O) groups excluding carboxylic acids is 1. The Morgan fingerprint density at radius 3 is 2.67 bits per heavy atom. The third kappa shape index (κ3) is 3.65. The van der Waals surface area contributed by atoms with Crippen molar-refractivity contribution in [2.45, 2.75) is 31.8 Å². The second kappa shape index (κ2) is 5.63. The van der Waals surface area contributed by atoms with E-state index < -0.39 is 30.0 Å². The van der Waals surface area contributed by atoms with Gasteiger partial charge in [-0.25, -0.2) is 4.79 Å². The number of carboxylic acids is 1. The predicted octanol–water partition coefficient (Wildman–Crippen LogP) is 2.16. The van der Waals surface area contributed by atoms with E-state index in [1.165, 1.54) is 18.2 Å². The Morgan fingerprint density at radius 2 is 2.05 bits per heavy atom. The smallest absolute Gasteiger partial charge is 0.480 e. The van der Waals surface area contributed by atoms with Gasteiger partial charge in [0.25, 0.3) is 0 Å². The largest absolute Gasteiger partial charge is 0.573 e. The van der Waals surface area contributed by atoms with Crippen LogP contribution in [0.2, 0.25) is 0 Å². The Hall–Kier alpha value is -2.25. The number of aliphatic carboxylic acids is 1. The van der Waals surface area contributed by atoms with Crippen LogP contribution in [0.4, 0.5) is 13.2 Å². The van der Waals surface area contributed by atoms with Crippen molar-refractivity contribution in [3.63, 3.8) is 0 Å². The predicted molar refractivity (Wildman–Crippen MR) is 64.3 cm³/mol. The summed E-state index contributed by atoms with van der Waals surface area (Å²) in [4.78, 5) is 23.8. The Bertz CT molecular complexity index is 559. The molecular weight excluding hydrogens is 291 g/mol. The van der Waals surface area contributed by atoms with Crippen LogP contribution in [0.1, 0.15) is 18.4 Å². The minimum Gasteiger partial charge on any atom is -0.480 e. The van der Waals surface area contributed by atoms with Crippen molar-refractivity contribution in [3.05, 3.63) is 29.8 Å². The summed E-state index contributed by atoms with van der Waals surface area (Å²) in [6.07, 6.45) is -4.63. The fourth-order valence-electron chi connectivity index (χ4n) is 2.23. The molecule has 1 unspecified atom stereocenters. The quantitative estimate of drug-likeness (QED) is 0.925. The molecular formula is C13H12F3NO4. The Kier molecular flexibility index (Phi) is 4.06. The molecule has 1 aliphatic rings. The van der Waals surface area contributed by atoms with E-state index in [4.69, 9.17) is 5.11 Å². The molecule has 0 radical (unpaired) electrons. The van der Waals surface area contributed by atoms with Gasteiger partial charge in [-0.05, 0) is 12.5 Å². The molecule has 1 fully saturated rings. The molecule has 1 atom stereocenters. The summed E-state index contributed by atoms with van der Waals surface area (Å²) in [7, 11) is 0. The van der Waals surface area contributed by atoms with E-state index in [0.717, 1.165) is 11.0 Å². The maximum atomic E-state index is 12.3. The van der Waals surface area contributed by atoms with Crippen LogP contribution in [-0.4, -0.2) is 34.3 Å². The summed E-state index contributed by atoms with van der Waals surface area (Å²) in [5.74, 6) is -2.01. The lowest BCUT2D eigenvalue weighted by Crippen LogP contribution is -2.38. The van der Waals surface area contributed by atoms with Crippen molar-refractivity contribution in [2.24, 2.45) is 0 Å². The number of carbonyl (C=O) groups is 2. The molecule has 1 aliphatic heterocycles. The number of nitrogens with zero attached hydrogens (tertiary/aromatic N) is 1. The minimum absolute atomic E-state index is 0.0687. The van der Waals surface area contributed by atoms with E-state index in [-0.39, 0.29) is 24.9 Å². The van der Waals surface area contributed by atoms with E-state index in [9.17, 15) is 22.8 Å². The summed E-state index contributed by atoms with van der Waals surface area (Å²) in [5, 5.41) is 9.03. The van der Waals surface area contributed by atoms with Gasteiger partial charge in [0.15, 0.2) is 0 Å². The SMILES string of the molecule is O=C(O)C1CCC(=O)N1Cc1ccccc1OC(F)(F)F. The fourth-order valence-corrected chi connectivity index (χ4v) is 2.23. The molecule has 0 aromatic heterocycles. The highest BCUT2D eigenvalue weighted by atomic mass is 19.4. The van der Waals surface area contributed by atoms with Gasteiger partial charge in [0.2, 0.25) is 5.91 Å². The summed E-state index contributed by atoms with van der Waals surface area (Å²) in [6, 6.07) is 4.33. The van der Waals surface area contributed by atoms with Gasteiger partial charge < -0.3 is 14.7 Å². The zero-order valence-electron chi connectivity index (χ0n) is 10.8. The number of hydrogen-bond donors (Lipinski definition) is 1. The number of halogens is 3. The van der Waals surface area contributed by atoms with Crippen molar-refractivity contribution in [1.82, 2.24) is 4.90 Å². The van der Waals surface area contributed by atoms with Gasteiger partial charge in [-0.15, -0.1) is 13.2 Å². The molecule has 0 saturated carbocycles. The summed E-state index contributed by atoms with van der Waals surface area (Å²) in [6.45, 7) is -0.234. The van der Waals surface area contributed by atoms with Gasteiger partial charge in [0, 0.05) is 12.0 Å². The lowest BCUT2D eigenvalue weighted by Gasteiger charge is -2.23. The standard InChI is InChI=1S/C13H12F3NO4/c14-13(15,16)21-10-4-2-1-3-8(10)7-17-9(12(19)20)5-6-11(17)18/h1-4,9H,5-7H2,(H,19,20). The van der Waals surface area contributed by atoms with Crippen LogP contribution in [0.25, 0.3) is 0 Å². The molecule has 8 heteroatoms. The van der Waals surface area contributed by atoms with E-state index in [0.29, 0.717) is 0 Å². The summed E-state index contributed by atoms with van der Waals surface area (Å²) >= 11 is 0. The Morgan fingerprint density at radius 1 is 1.38 bits per heavy atom. The van der Waals surface area contributed by atoms with Gasteiger partial charge in [0.05, 0.1) is 6.54 Å². The second-order valence-electron chi connectivity index (χ2n) is 4.57. The number of carboxylic acid groups (broad SMARTS) is 1. The molecule has 0 spiro atoms. The number of ether oxygens (including phenoxy) is 1. The van der Waals surface area contributed by atoms with Crippen LogP contribution in [0.3, 0.4) is 0 Å². The topological polar surface area (TPSA) is 66.8 Å². The first-order chi connectivity index (χ1) is 9.78. The molecule has 1 N–H and O–H groups in total. The van der Waals surface area contributed by atoms with E-state index in [2.05, 4.69) is 4.74 Å². The number of benzene rings is 1. The molecule has 21 heavy (non-hydrogen) atoms. The van der Waals surface area contributed by atoms with E-state index in [1.54, 1.807) is 0 Å². The molecule has 1 heterocycles. The molecule has 1 saturated heterocycles. The van der Waals surface area contributed by atoms with Gasteiger partial charge >= 0.3 is 12.3 Å². The zero-order valence-corrected chi connectivity index (χ0v) is 10.8. The van der Waals surface area contributed by atoms with E-state index in [1.807, 2.05) is 0 Å². The summed E-state index contributed by atoms with van der Waals surface area (Å²) in [5.41, 5.74) is 0.108. The van der Waals surface area contributed by atoms with Gasteiger partial charge in [-0.3, -0.25) is 4.79 Å². The second-order valence-corrected chi connectivity index (χ2v) is 4.57. The highest BCUT2D eigenvalue weighted by Crippen LogP contribution is 2.29. The van der Waals surface area contributed by atoms with Gasteiger partial charge in [0.1, 0.15) is 11.8 Å². The third-order valence-corrected chi connectivity index (χ3v) is 3.15. The monoisotopic (exact) mass is 303 g/mol. The van der Waals surface area contributed by atoms with Crippen LogP contribution in [-0.2, 0) is 16.1 Å². The molecule has 0 bridgehead atoms. The highest BCUT2D eigenvalue weighted by Gasteiger charge is 2.37. The Balaban J connectivity index is 2.23. The van der Waals surface area contributed by atoms with Crippen LogP contribution in [0.15, 0.2) is 24.3 Å². The first-order valence-corrected chi connectivity index (χ1v) is 6.14. The fraction of sp³-hybridized carbons (Fsp3) is 0.385. The number of hydrogen-bond acceptors (Lipinski definition) is 3. The first-order valence-electron chi connectivity index (χ1n) is 6.14. The number of para-hydroxylation sites is 1. The Labute approximate surface area is 117 Å². The average molecular weight is 303 g/mol. The van der Waals surface area contributed by atoms with Crippen LogP contribution >= 0.6 is 0 Å². The highest BCUT2D eigenvalue weighted by molar-refractivity contribution is 5.87. The van der Waals surface area contributed by atoms with Crippen LogP contribution < -0.4 is 4.74 Å². The van der Waals surface area contributed by atoms with Crippen molar-refractivity contribution >= 4 is 11.9 Å². The molecule has 5 nitrogen and oxygen atoms in total. The average Bonchev–Trinajstić information content (AvgIpc) is 2.72. The lowest BCUT2D eigenvalue weighted by molar-refractivity contribution is -0.275. The number of amides is 1. The molecule has 1 aromatic rings. The van der Waals surface area contributed by atoms with Crippen molar-refractivity contribution in [3.8, 4) is 5.75 Å². The molecule has 0 aliphatic carbocycles. The third-order valence-electron chi connectivity index (χ3n) is 3.15. The van der Waals surface area contributed by atoms with Crippen molar-refractivity contribution in [2.75, 3.05) is 0 Å². The minimum atomic E-state index is -4.85. The molecule has 114 valence electrons.